The van der Waals surface area contributed by atoms with Crippen molar-refractivity contribution < 1.29 is 14.7 Å². The number of rotatable bonds is 12. The van der Waals surface area contributed by atoms with Crippen LogP contribution in [0.15, 0.2) is 36.5 Å². The quantitative estimate of drug-likeness (QED) is 0.424. The Balaban J connectivity index is 2.38. The molecule has 0 aromatic carbocycles. The molecule has 0 fully saturated rings. The molecule has 0 saturated heterocycles. The summed E-state index contributed by atoms with van der Waals surface area (Å²) in [6.07, 6.45) is 17.7. The first kappa shape index (κ1) is 20.4. The molecule has 0 unspecified atom stereocenters. The fraction of sp³-hybridized carbons (Fsp3) is 0.600. The highest BCUT2D eigenvalue weighted by Crippen LogP contribution is 2.27. The molecule has 1 rings (SSSR count). The molecule has 1 amide bonds. The maximum atomic E-state index is 12.0. The molecule has 3 N–H and O–H groups in total. The van der Waals surface area contributed by atoms with E-state index in [1.165, 1.54) is 0 Å². The van der Waals surface area contributed by atoms with Crippen LogP contribution < -0.4 is 5.73 Å². The van der Waals surface area contributed by atoms with Crippen LogP contribution in [0.3, 0.4) is 0 Å². The molecule has 0 spiro atoms. The summed E-state index contributed by atoms with van der Waals surface area (Å²) in [5.74, 6) is -0.167. The summed E-state index contributed by atoms with van der Waals surface area (Å²) < 4.78 is 0. The number of carbonyl (C=O) groups is 2. The number of ketones is 1. The van der Waals surface area contributed by atoms with E-state index in [4.69, 9.17) is 5.73 Å². The Kier molecular flexibility index (Phi) is 10.0. The van der Waals surface area contributed by atoms with Gasteiger partial charge in [-0.1, -0.05) is 56.6 Å². The summed E-state index contributed by atoms with van der Waals surface area (Å²) in [5.41, 5.74) is 5.10. The number of nitrogens with two attached hydrogens (primary N) is 1. The number of carbonyl (C=O) groups excluding carboxylic acids is 2. The van der Waals surface area contributed by atoms with E-state index in [0.29, 0.717) is 6.42 Å². The lowest BCUT2D eigenvalue weighted by Gasteiger charge is -2.13. The highest BCUT2D eigenvalue weighted by Gasteiger charge is 2.26. The predicted octanol–water partition coefficient (Wildman–Crippen LogP) is 3.46. The molecule has 4 heteroatoms. The van der Waals surface area contributed by atoms with Gasteiger partial charge in [0.15, 0.2) is 5.78 Å². The average molecular weight is 333 g/mol. The van der Waals surface area contributed by atoms with E-state index in [1.54, 1.807) is 12.2 Å². The molecule has 0 bridgehead atoms. The summed E-state index contributed by atoms with van der Waals surface area (Å²) in [4.78, 5) is 22.6. The third kappa shape index (κ3) is 8.25. The molecule has 134 valence electrons. The molecule has 0 saturated carbocycles. The zero-order valence-corrected chi connectivity index (χ0v) is 14.7. The minimum atomic E-state index is -0.463. The van der Waals surface area contributed by atoms with Crippen LogP contribution in [-0.4, -0.2) is 22.9 Å². The van der Waals surface area contributed by atoms with E-state index in [9.17, 15) is 14.7 Å². The standard InChI is InChI=1S/C20H31NO3/c1-2-3-6-10-17(22)13-14-18-16(12-15-19(18)23)9-7-4-5-8-11-20(21)24/h4,7,12-18,22H,2-3,5-6,8-11H2,1H3,(H2,21,24)/b7-4?,14-13+/t16-,17-,18+/m0/s1. The van der Waals surface area contributed by atoms with Gasteiger partial charge in [-0.3, -0.25) is 9.59 Å². The number of amides is 1. The molecule has 4 nitrogen and oxygen atoms in total. The van der Waals surface area contributed by atoms with Gasteiger partial charge in [-0.25, -0.2) is 0 Å². The third-order valence-electron chi connectivity index (χ3n) is 4.31. The Morgan fingerprint density at radius 2 is 2.12 bits per heavy atom. The fourth-order valence-electron chi connectivity index (χ4n) is 2.84. The number of unbranched alkanes of at least 4 members (excludes halogenated alkanes) is 3. The molecule has 1 aliphatic rings. The van der Waals surface area contributed by atoms with Crippen molar-refractivity contribution in [1.82, 2.24) is 0 Å². The maximum absolute atomic E-state index is 12.0. The van der Waals surface area contributed by atoms with Crippen molar-refractivity contribution in [3.8, 4) is 0 Å². The topological polar surface area (TPSA) is 80.4 Å². The number of aliphatic hydroxyl groups excluding tert-OH is 1. The smallest absolute Gasteiger partial charge is 0.217 e. The van der Waals surface area contributed by atoms with Gasteiger partial charge in [0.25, 0.3) is 0 Å². The zero-order valence-electron chi connectivity index (χ0n) is 14.7. The average Bonchev–Trinajstić information content (AvgIpc) is 2.89. The normalized spacial score (nSPS) is 22.0. The van der Waals surface area contributed by atoms with E-state index >= 15 is 0 Å². The summed E-state index contributed by atoms with van der Waals surface area (Å²) in [6.45, 7) is 2.14. The van der Waals surface area contributed by atoms with Crippen molar-refractivity contribution in [2.75, 3.05) is 0 Å². The fourth-order valence-corrected chi connectivity index (χ4v) is 2.84. The Hall–Kier alpha value is -1.68. The number of hydrogen-bond acceptors (Lipinski definition) is 3. The van der Waals surface area contributed by atoms with Crippen LogP contribution in [0.4, 0.5) is 0 Å². The molecular formula is C20H31NO3. The van der Waals surface area contributed by atoms with E-state index in [2.05, 4.69) is 13.0 Å². The first-order valence-corrected chi connectivity index (χ1v) is 9.06. The SMILES string of the molecule is CCCCC[C@H](O)/C=C/[C@H]1C(=O)C=C[C@@H]1CC=CCCCC(N)=O. The summed E-state index contributed by atoms with van der Waals surface area (Å²) in [7, 11) is 0. The van der Waals surface area contributed by atoms with E-state index in [-0.39, 0.29) is 23.5 Å². The zero-order chi connectivity index (χ0) is 17.8. The lowest BCUT2D eigenvalue weighted by molar-refractivity contribution is -0.118. The predicted molar refractivity (Wildman–Crippen MR) is 97.2 cm³/mol. The van der Waals surface area contributed by atoms with Gasteiger partial charge in [0.05, 0.1) is 6.10 Å². The molecule has 0 aromatic heterocycles. The number of primary amides is 1. The van der Waals surface area contributed by atoms with Crippen molar-refractivity contribution in [1.29, 1.82) is 0 Å². The minimum Gasteiger partial charge on any atom is -0.389 e. The molecule has 1 aliphatic carbocycles. The highest BCUT2D eigenvalue weighted by molar-refractivity contribution is 5.95. The van der Waals surface area contributed by atoms with Crippen molar-refractivity contribution in [2.24, 2.45) is 17.6 Å². The van der Waals surface area contributed by atoms with Crippen LogP contribution >= 0.6 is 0 Å². The molecule has 0 radical (unpaired) electrons. The van der Waals surface area contributed by atoms with Crippen LogP contribution in [0.1, 0.15) is 58.3 Å². The molecule has 0 aromatic rings. The molecule has 3 atom stereocenters. The molecule has 24 heavy (non-hydrogen) atoms. The van der Waals surface area contributed by atoms with Gasteiger partial charge in [0.2, 0.25) is 5.91 Å². The number of aliphatic hydroxyl groups is 1. The Morgan fingerprint density at radius 3 is 2.83 bits per heavy atom. The van der Waals surface area contributed by atoms with E-state index in [1.807, 2.05) is 18.2 Å². The van der Waals surface area contributed by atoms with Crippen molar-refractivity contribution >= 4 is 11.7 Å². The second kappa shape index (κ2) is 11.8. The van der Waals surface area contributed by atoms with E-state index < -0.39 is 6.10 Å². The Bertz CT molecular complexity index is 479. The second-order valence-corrected chi connectivity index (χ2v) is 6.46. The number of hydrogen-bond donors (Lipinski definition) is 2. The summed E-state index contributed by atoms with van der Waals surface area (Å²) >= 11 is 0. The maximum Gasteiger partial charge on any atom is 0.217 e. The van der Waals surface area contributed by atoms with Crippen LogP contribution in [0.2, 0.25) is 0 Å². The number of allylic oxidation sites excluding steroid dienone is 5. The van der Waals surface area contributed by atoms with Gasteiger partial charge >= 0.3 is 0 Å². The van der Waals surface area contributed by atoms with Gasteiger partial charge in [-0.15, -0.1) is 0 Å². The van der Waals surface area contributed by atoms with Gasteiger partial charge < -0.3 is 10.8 Å². The van der Waals surface area contributed by atoms with Crippen molar-refractivity contribution in [3.63, 3.8) is 0 Å². The Morgan fingerprint density at radius 1 is 1.33 bits per heavy atom. The van der Waals surface area contributed by atoms with E-state index in [0.717, 1.165) is 44.9 Å². The second-order valence-electron chi connectivity index (χ2n) is 6.46. The van der Waals surface area contributed by atoms with Gasteiger partial charge in [0.1, 0.15) is 0 Å². The Labute approximate surface area is 145 Å². The van der Waals surface area contributed by atoms with Gasteiger partial charge in [-0.05, 0) is 37.7 Å². The largest absolute Gasteiger partial charge is 0.389 e. The minimum absolute atomic E-state index is 0.110. The molecular weight excluding hydrogens is 302 g/mol. The summed E-state index contributed by atoms with van der Waals surface area (Å²) in [6, 6.07) is 0. The van der Waals surface area contributed by atoms with Crippen LogP contribution in [0.5, 0.6) is 0 Å². The first-order valence-electron chi connectivity index (χ1n) is 9.06. The van der Waals surface area contributed by atoms with Crippen LogP contribution in [0.25, 0.3) is 0 Å². The van der Waals surface area contributed by atoms with Crippen LogP contribution in [-0.2, 0) is 9.59 Å². The first-order chi connectivity index (χ1) is 11.5. The summed E-state index contributed by atoms with van der Waals surface area (Å²) in [5, 5.41) is 9.96. The molecule has 0 heterocycles. The molecule has 0 aliphatic heterocycles. The third-order valence-corrected chi connectivity index (χ3v) is 4.31. The van der Waals surface area contributed by atoms with Gasteiger partial charge in [0, 0.05) is 12.3 Å². The van der Waals surface area contributed by atoms with Crippen molar-refractivity contribution in [2.45, 2.75) is 64.4 Å². The van der Waals surface area contributed by atoms with Crippen LogP contribution in [0, 0.1) is 11.8 Å². The lowest BCUT2D eigenvalue weighted by atomic mass is 9.90. The highest BCUT2D eigenvalue weighted by atomic mass is 16.3. The lowest BCUT2D eigenvalue weighted by Crippen LogP contribution is -2.14. The van der Waals surface area contributed by atoms with Gasteiger partial charge in [-0.2, -0.15) is 0 Å². The van der Waals surface area contributed by atoms with Crippen molar-refractivity contribution in [3.05, 3.63) is 36.5 Å². The monoisotopic (exact) mass is 333 g/mol.